The molecular weight excluding hydrogens is 240 g/mol. The molecule has 2 rings (SSSR count). The molecule has 1 N–H and O–H groups in total. The molecule has 0 bridgehead atoms. The maximum absolute atomic E-state index is 11.8. The molecule has 90 valence electrons. The van der Waals surface area contributed by atoms with Gasteiger partial charge in [0.05, 0.1) is 12.3 Å². The lowest BCUT2D eigenvalue weighted by Crippen LogP contribution is -2.32. The molecule has 0 fully saturated rings. The second-order valence-corrected chi connectivity index (χ2v) is 4.41. The first kappa shape index (κ1) is 11.9. The third kappa shape index (κ3) is 3.20. The summed E-state index contributed by atoms with van der Waals surface area (Å²) in [5, 5.41) is 7.17. The normalized spacial score (nSPS) is 18.5. The van der Waals surface area contributed by atoms with Crippen molar-refractivity contribution in [3.63, 3.8) is 0 Å². The number of hydrogen-bond donors (Lipinski definition) is 1. The third-order valence-corrected chi connectivity index (χ3v) is 2.69. The summed E-state index contributed by atoms with van der Waals surface area (Å²) in [7, 11) is 0. The Balaban J connectivity index is 1.86. The molecule has 0 saturated heterocycles. The molecule has 1 aliphatic rings. The van der Waals surface area contributed by atoms with Crippen molar-refractivity contribution >= 4 is 23.2 Å². The van der Waals surface area contributed by atoms with E-state index in [1.807, 2.05) is 6.92 Å². The van der Waals surface area contributed by atoms with Crippen LogP contribution in [-0.2, 0) is 4.84 Å². The molecule has 0 aromatic heterocycles. The van der Waals surface area contributed by atoms with Crippen LogP contribution in [-0.4, -0.2) is 24.3 Å². The van der Waals surface area contributed by atoms with Crippen molar-refractivity contribution < 1.29 is 9.63 Å². The Labute approximate surface area is 105 Å². The maximum Gasteiger partial charge on any atom is 0.251 e. The van der Waals surface area contributed by atoms with Gasteiger partial charge in [-0.1, -0.05) is 22.8 Å². The Kier molecular flexibility index (Phi) is 3.64. The first-order valence-electron chi connectivity index (χ1n) is 5.38. The number of nitrogens with one attached hydrogen (secondary N) is 1. The van der Waals surface area contributed by atoms with Crippen LogP contribution in [0.4, 0.5) is 0 Å². The number of oxime groups is 1. The van der Waals surface area contributed by atoms with Crippen LogP contribution < -0.4 is 5.32 Å². The van der Waals surface area contributed by atoms with E-state index in [1.54, 1.807) is 24.3 Å². The van der Waals surface area contributed by atoms with Gasteiger partial charge in [0, 0.05) is 17.0 Å². The van der Waals surface area contributed by atoms with E-state index >= 15 is 0 Å². The number of nitrogens with zero attached hydrogens (tertiary/aromatic N) is 1. The molecule has 1 aliphatic heterocycles. The first-order valence-corrected chi connectivity index (χ1v) is 5.76. The molecule has 4 nitrogen and oxygen atoms in total. The van der Waals surface area contributed by atoms with Crippen LogP contribution in [0.3, 0.4) is 0 Å². The molecule has 0 radical (unpaired) electrons. The van der Waals surface area contributed by atoms with E-state index in [0.717, 1.165) is 12.1 Å². The SMILES string of the molecule is CC1=NOC(CNC(=O)c2cccc(Cl)c2)C1. The van der Waals surface area contributed by atoms with E-state index in [0.29, 0.717) is 17.1 Å². The largest absolute Gasteiger partial charge is 0.390 e. The van der Waals surface area contributed by atoms with Crippen molar-refractivity contribution in [1.82, 2.24) is 5.32 Å². The van der Waals surface area contributed by atoms with Crippen LogP contribution in [0.1, 0.15) is 23.7 Å². The average Bonchev–Trinajstić information content (AvgIpc) is 2.72. The zero-order valence-electron chi connectivity index (χ0n) is 9.44. The Morgan fingerprint density at radius 3 is 3.12 bits per heavy atom. The second-order valence-electron chi connectivity index (χ2n) is 3.98. The minimum absolute atomic E-state index is 0.0573. The molecule has 1 aromatic rings. The summed E-state index contributed by atoms with van der Waals surface area (Å²) < 4.78 is 0. The van der Waals surface area contributed by atoms with E-state index < -0.39 is 0 Å². The number of halogens is 1. The summed E-state index contributed by atoms with van der Waals surface area (Å²) in [6, 6.07) is 6.83. The molecule has 0 saturated carbocycles. The summed E-state index contributed by atoms with van der Waals surface area (Å²) >= 11 is 5.81. The lowest BCUT2D eigenvalue weighted by molar-refractivity contribution is 0.0753. The Morgan fingerprint density at radius 1 is 1.65 bits per heavy atom. The van der Waals surface area contributed by atoms with Crippen LogP contribution in [0.2, 0.25) is 5.02 Å². The highest BCUT2D eigenvalue weighted by molar-refractivity contribution is 6.30. The van der Waals surface area contributed by atoms with Crippen molar-refractivity contribution in [1.29, 1.82) is 0 Å². The quantitative estimate of drug-likeness (QED) is 0.897. The number of amides is 1. The predicted octanol–water partition coefficient (Wildman–Crippen LogP) is 2.23. The number of carbonyl (C=O) groups is 1. The van der Waals surface area contributed by atoms with Gasteiger partial charge in [-0.3, -0.25) is 4.79 Å². The Hall–Kier alpha value is -1.55. The second kappa shape index (κ2) is 5.19. The monoisotopic (exact) mass is 252 g/mol. The maximum atomic E-state index is 11.8. The van der Waals surface area contributed by atoms with Crippen molar-refractivity contribution in [3.05, 3.63) is 34.9 Å². The van der Waals surface area contributed by atoms with Gasteiger partial charge in [-0.05, 0) is 25.1 Å². The smallest absolute Gasteiger partial charge is 0.251 e. The predicted molar refractivity (Wildman–Crippen MR) is 66.4 cm³/mol. The molecule has 5 heteroatoms. The molecule has 1 amide bonds. The van der Waals surface area contributed by atoms with Crippen LogP contribution in [0, 0.1) is 0 Å². The Bertz CT molecular complexity index is 460. The minimum Gasteiger partial charge on any atom is -0.390 e. The molecule has 0 spiro atoms. The van der Waals surface area contributed by atoms with Crippen LogP contribution in [0.25, 0.3) is 0 Å². The number of carbonyl (C=O) groups excluding carboxylic acids is 1. The van der Waals surface area contributed by atoms with E-state index in [2.05, 4.69) is 10.5 Å². The van der Waals surface area contributed by atoms with Crippen molar-refractivity contribution in [2.24, 2.45) is 5.16 Å². The minimum atomic E-state index is -0.152. The van der Waals surface area contributed by atoms with Crippen LogP contribution in [0.5, 0.6) is 0 Å². The molecule has 0 aliphatic carbocycles. The number of rotatable bonds is 3. The van der Waals surface area contributed by atoms with Crippen LogP contribution in [0.15, 0.2) is 29.4 Å². The zero-order valence-corrected chi connectivity index (χ0v) is 10.2. The zero-order chi connectivity index (χ0) is 12.3. The summed E-state index contributed by atoms with van der Waals surface area (Å²) in [5.74, 6) is -0.152. The highest BCUT2D eigenvalue weighted by atomic mass is 35.5. The number of hydrogen-bond acceptors (Lipinski definition) is 3. The van der Waals surface area contributed by atoms with Crippen molar-refractivity contribution in [3.8, 4) is 0 Å². The summed E-state index contributed by atoms with van der Waals surface area (Å²) in [5.41, 5.74) is 1.50. The summed E-state index contributed by atoms with van der Waals surface area (Å²) in [6.07, 6.45) is 0.702. The fraction of sp³-hybridized carbons (Fsp3) is 0.333. The molecule has 1 atom stereocenters. The third-order valence-electron chi connectivity index (χ3n) is 2.46. The van der Waals surface area contributed by atoms with E-state index in [4.69, 9.17) is 16.4 Å². The van der Waals surface area contributed by atoms with Gasteiger partial charge >= 0.3 is 0 Å². The summed E-state index contributed by atoms with van der Waals surface area (Å²) in [6.45, 7) is 2.35. The van der Waals surface area contributed by atoms with E-state index in [-0.39, 0.29) is 12.0 Å². The average molecular weight is 253 g/mol. The highest BCUT2D eigenvalue weighted by Gasteiger charge is 2.18. The fourth-order valence-corrected chi connectivity index (χ4v) is 1.81. The molecule has 1 unspecified atom stereocenters. The van der Waals surface area contributed by atoms with E-state index in [1.165, 1.54) is 0 Å². The highest BCUT2D eigenvalue weighted by Crippen LogP contribution is 2.11. The topological polar surface area (TPSA) is 50.7 Å². The van der Waals surface area contributed by atoms with Gasteiger partial charge in [0.25, 0.3) is 5.91 Å². The van der Waals surface area contributed by atoms with Gasteiger partial charge in [-0.2, -0.15) is 0 Å². The number of benzene rings is 1. The Morgan fingerprint density at radius 2 is 2.47 bits per heavy atom. The molecular formula is C12H13ClN2O2. The summed E-state index contributed by atoms with van der Waals surface area (Å²) in [4.78, 5) is 16.9. The first-order chi connectivity index (χ1) is 8.15. The molecule has 1 heterocycles. The van der Waals surface area contributed by atoms with Gasteiger partial charge in [0.1, 0.15) is 6.10 Å². The molecule has 1 aromatic carbocycles. The van der Waals surface area contributed by atoms with Gasteiger partial charge in [-0.15, -0.1) is 0 Å². The van der Waals surface area contributed by atoms with Gasteiger partial charge in [-0.25, -0.2) is 0 Å². The van der Waals surface area contributed by atoms with Gasteiger partial charge < -0.3 is 10.2 Å². The lowest BCUT2D eigenvalue weighted by atomic mass is 10.2. The standard InChI is InChI=1S/C12H13ClN2O2/c1-8-5-11(17-15-8)7-14-12(16)9-3-2-4-10(13)6-9/h2-4,6,11H,5,7H2,1H3,(H,14,16). The van der Waals surface area contributed by atoms with Crippen LogP contribution >= 0.6 is 11.6 Å². The fourth-order valence-electron chi connectivity index (χ4n) is 1.62. The lowest BCUT2D eigenvalue weighted by Gasteiger charge is -2.09. The van der Waals surface area contributed by atoms with E-state index in [9.17, 15) is 4.79 Å². The van der Waals surface area contributed by atoms with Crippen molar-refractivity contribution in [2.75, 3.05) is 6.54 Å². The molecule has 17 heavy (non-hydrogen) atoms. The van der Waals surface area contributed by atoms with Gasteiger partial charge in [0.2, 0.25) is 0 Å². The van der Waals surface area contributed by atoms with Gasteiger partial charge in [0.15, 0.2) is 0 Å². The van der Waals surface area contributed by atoms with Crippen molar-refractivity contribution in [2.45, 2.75) is 19.4 Å².